The lowest BCUT2D eigenvalue weighted by Gasteiger charge is -2.19. The average molecular weight is 1080 g/mol. The molecule has 0 radical (unpaired) electrons. The number of carbonyl (C=O) groups excluding carboxylic acids is 1. The van der Waals surface area contributed by atoms with Gasteiger partial charge in [0, 0.05) is 6.42 Å². The van der Waals surface area contributed by atoms with Gasteiger partial charge in [-0.3, -0.25) is 4.79 Å². The van der Waals surface area contributed by atoms with Crippen molar-refractivity contribution in [1.82, 2.24) is 5.32 Å². The predicted octanol–water partition coefficient (Wildman–Crippen LogP) is 22.7. The Morgan fingerprint density at radius 2 is 0.577 bits per heavy atom. The van der Waals surface area contributed by atoms with Crippen LogP contribution in [0.2, 0.25) is 0 Å². The molecule has 0 aliphatic rings. The summed E-state index contributed by atoms with van der Waals surface area (Å²) in [6, 6.07) is -0.656. The minimum absolute atomic E-state index is 0.0824. The fraction of sp³-hybridized carbons (Fsp3) is 0.662. The van der Waals surface area contributed by atoms with E-state index in [4.69, 9.17) is 0 Å². The van der Waals surface area contributed by atoms with Crippen LogP contribution in [0.3, 0.4) is 0 Å². The summed E-state index contributed by atoms with van der Waals surface area (Å²) in [4.78, 5) is 12.5. The maximum absolute atomic E-state index is 12.5. The summed E-state index contributed by atoms with van der Waals surface area (Å²) >= 11 is 0. The van der Waals surface area contributed by atoms with Crippen molar-refractivity contribution in [2.24, 2.45) is 0 Å². The summed E-state index contributed by atoms with van der Waals surface area (Å²) in [5, 5.41) is 23.2. The molecular weight excluding hydrogens is 951 g/mol. The van der Waals surface area contributed by atoms with Crippen molar-refractivity contribution >= 4 is 5.91 Å². The molecular formula is C74H125NO3. The number of hydrogen-bond donors (Lipinski definition) is 3. The first-order valence-corrected chi connectivity index (χ1v) is 33.0. The fourth-order valence-corrected chi connectivity index (χ4v) is 9.32. The van der Waals surface area contributed by atoms with E-state index in [1.54, 1.807) is 6.08 Å². The number of hydrogen-bond acceptors (Lipinski definition) is 3. The summed E-state index contributed by atoms with van der Waals surface area (Å²) < 4.78 is 0. The number of rotatable bonds is 59. The Kier molecular flexibility index (Phi) is 64.3. The monoisotopic (exact) mass is 1080 g/mol. The largest absolute Gasteiger partial charge is 0.394 e. The molecule has 0 aromatic rings. The van der Waals surface area contributed by atoms with Crippen molar-refractivity contribution < 1.29 is 15.0 Å². The lowest BCUT2D eigenvalue weighted by Crippen LogP contribution is -2.45. The van der Waals surface area contributed by atoms with E-state index < -0.39 is 12.1 Å². The molecule has 4 heteroatoms. The van der Waals surface area contributed by atoms with Gasteiger partial charge in [-0.1, -0.05) is 320 Å². The maximum atomic E-state index is 12.5. The molecule has 0 spiro atoms. The van der Waals surface area contributed by atoms with Crippen LogP contribution in [0.5, 0.6) is 0 Å². The van der Waals surface area contributed by atoms with Crippen molar-refractivity contribution in [1.29, 1.82) is 0 Å². The summed E-state index contributed by atoms with van der Waals surface area (Å²) in [5.74, 6) is -0.0824. The smallest absolute Gasteiger partial charge is 0.220 e. The van der Waals surface area contributed by atoms with Gasteiger partial charge in [-0.15, -0.1) is 0 Å². The zero-order valence-electron chi connectivity index (χ0n) is 51.1. The number of allylic oxidation sites excluding steroid dienone is 23. The fourth-order valence-electron chi connectivity index (χ4n) is 9.32. The van der Waals surface area contributed by atoms with Crippen LogP contribution in [-0.4, -0.2) is 34.9 Å². The van der Waals surface area contributed by atoms with Crippen LogP contribution >= 0.6 is 0 Å². The third kappa shape index (κ3) is 63.1. The van der Waals surface area contributed by atoms with Crippen LogP contribution in [0.1, 0.15) is 296 Å². The average Bonchev–Trinajstić information content (AvgIpc) is 3.44. The molecule has 0 saturated carbocycles. The predicted molar refractivity (Wildman–Crippen MR) is 349 cm³/mol. The molecule has 0 aliphatic heterocycles. The van der Waals surface area contributed by atoms with Crippen molar-refractivity contribution in [3.05, 3.63) is 146 Å². The van der Waals surface area contributed by atoms with Gasteiger partial charge in [0.1, 0.15) is 0 Å². The molecule has 0 aromatic carbocycles. The molecule has 1 amide bonds. The molecule has 0 rings (SSSR count). The number of carbonyl (C=O) groups is 1. The number of aliphatic hydroxyl groups is 2. The first-order valence-electron chi connectivity index (χ1n) is 33.0. The molecule has 2 unspecified atom stereocenters. The Labute approximate surface area is 484 Å². The second-order valence-electron chi connectivity index (χ2n) is 21.8. The summed E-state index contributed by atoms with van der Waals surface area (Å²) in [6.07, 6.45) is 106. The van der Waals surface area contributed by atoms with Crippen LogP contribution in [0.15, 0.2) is 146 Å². The van der Waals surface area contributed by atoms with Gasteiger partial charge < -0.3 is 15.5 Å². The third-order valence-electron chi connectivity index (χ3n) is 14.3. The molecule has 0 bridgehead atoms. The van der Waals surface area contributed by atoms with Gasteiger partial charge in [-0.05, 0) is 116 Å². The number of aliphatic hydroxyl groups excluding tert-OH is 2. The Morgan fingerprint density at radius 1 is 0.321 bits per heavy atom. The number of nitrogens with one attached hydrogen (secondary N) is 1. The van der Waals surface area contributed by atoms with E-state index in [0.717, 1.165) is 96.3 Å². The van der Waals surface area contributed by atoms with Gasteiger partial charge in [-0.25, -0.2) is 0 Å². The Morgan fingerprint density at radius 3 is 0.897 bits per heavy atom. The minimum Gasteiger partial charge on any atom is -0.394 e. The standard InChI is InChI=1S/C74H125NO3/c1-3-5-7-9-11-13-15-17-19-21-23-25-27-29-30-31-32-33-34-35-36-37-38-39-40-41-42-43-44-46-48-50-52-54-56-58-60-62-64-66-68-70-74(78)75-72(71-76)73(77)69-67-65-63-61-59-57-55-53-51-49-47-45-28-26-24-22-20-18-16-14-12-10-8-6-4-2/h5,7,11,13,17,19,23,25,29-30,32-33,35-36,38-39,41-42,51,53,59,61,67,69,72-73,76-77H,3-4,6,8-10,12,14-16,18,20-22,24,26-28,31,34,37,40,43-50,52,54-58,60,62-66,68,70-71H2,1-2H3,(H,75,78)/b7-5-,13-11-,19-17-,25-23-,30-29-,33-32-,36-35-,39-38-,42-41-,53-51+,61-59+,69-67+. The van der Waals surface area contributed by atoms with E-state index in [1.165, 1.54) is 180 Å². The molecule has 78 heavy (non-hydrogen) atoms. The first kappa shape index (κ1) is 74.3. The first-order chi connectivity index (χ1) is 38.7. The molecule has 2 atom stereocenters. The molecule has 444 valence electrons. The van der Waals surface area contributed by atoms with E-state index in [1.807, 2.05) is 6.08 Å². The second kappa shape index (κ2) is 67.5. The van der Waals surface area contributed by atoms with Crippen molar-refractivity contribution in [3.8, 4) is 0 Å². The molecule has 0 aliphatic carbocycles. The van der Waals surface area contributed by atoms with E-state index in [-0.39, 0.29) is 12.5 Å². The number of unbranched alkanes of at least 4 members (excludes halogenated alkanes) is 30. The third-order valence-corrected chi connectivity index (χ3v) is 14.3. The van der Waals surface area contributed by atoms with Gasteiger partial charge in [-0.2, -0.15) is 0 Å². The highest BCUT2D eigenvalue weighted by molar-refractivity contribution is 5.76. The number of amides is 1. The highest BCUT2D eigenvalue weighted by Gasteiger charge is 2.18. The summed E-state index contributed by atoms with van der Waals surface area (Å²) in [5.41, 5.74) is 0. The van der Waals surface area contributed by atoms with E-state index >= 15 is 0 Å². The van der Waals surface area contributed by atoms with Crippen LogP contribution in [0, 0.1) is 0 Å². The van der Waals surface area contributed by atoms with Crippen LogP contribution in [0.4, 0.5) is 0 Å². The van der Waals surface area contributed by atoms with E-state index in [9.17, 15) is 15.0 Å². The molecule has 4 nitrogen and oxygen atoms in total. The van der Waals surface area contributed by atoms with E-state index in [2.05, 4.69) is 153 Å². The summed E-state index contributed by atoms with van der Waals surface area (Å²) in [6.45, 7) is 4.19. The second-order valence-corrected chi connectivity index (χ2v) is 21.8. The zero-order valence-corrected chi connectivity index (χ0v) is 51.1. The SMILES string of the molecule is CC/C=C\C/C=C\C/C=C\C/C=C\C/C=C\C/C=C\C/C=C\C/C=C\C/C=C\CCCCCCCCCCCCCCCC(=O)NC(CO)C(O)/C=C/CC/C=C/CC/C=C/CCCCCCCCCCCCCCCCC. The quantitative estimate of drug-likeness (QED) is 0.0420. The minimum atomic E-state index is -0.881. The van der Waals surface area contributed by atoms with Gasteiger partial charge in [0.2, 0.25) is 5.91 Å². The van der Waals surface area contributed by atoms with Crippen molar-refractivity contribution in [3.63, 3.8) is 0 Å². The molecule has 0 fully saturated rings. The zero-order chi connectivity index (χ0) is 56.2. The van der Waals surface area contributed by atoms with Gasteiger partial charge in [0.15, 0.2) is 0 Å². The van der Waals surface area contributed by atoms with Gasteiger partial charge in [0.05, 0.1) is 18.8 Å². The Balaban J connectivity index is 3.60. The lowest BCUT2D eigenvalue weighted by molar-refractivity contribution is -0.123. The Bertz CT molecular complexity index is 1600. The lowest BCUT2D eigenvalue weighted by atomic mass is 10.0. The molecule has 0 aromatic heterocycles. The van der Waals surface area contributed by atoms with Crippen LogP contribution in [-0.2, 0) is 4.79 Å². The van der Waals surface area contributed by atoms with Gasteiger partial charge >= 0.3 is 0 Å². The van der Waals surface area contributed by atoms with E-state index in [0.29, 0.717) is 6.42 Å². The van der Waals surface area contributed by atoms with Gasteiger partial charge in [0.25, 0.3) is 0 Å². The highest BCUT2D eigenvalue weighted by Crippen LogP contribution is 2.16. The van der Waals surface area contributed by atoms with Crippen LogP contribution < -0.4 is 5.32 Å². The van der Waals surface area contributed by atoms with Crippen molar-refractivity contribution in [2.75, 3.05) is 6.61 Å². The van der Waals surface area contributed by atoms with Crippen LogP contribution in [0.25, 0.3) is 0 Å². The molecule has 0 saturated heterocycles. The highest BCUT2D eigenvalue weighted by atomic mass is 16.3. The topological polar surface area (TPSA) is 69.6 Å². The summed E-state index contributed by atoms with van der Waals surface area (Å²) in [7, 11) is 0. The maximum Gasteiger partial charge on any atom is 0.220 e. The molecule has 0 heterocycles. The van der Waals surface area contributed by atoms with Crippen molar-refractivity contribution in [2.45, 2.75) is 309 Å². The molecule has 3 N–H and O–H groups in total. The Hall–Kier alpha value is -3.73. The normalized spacial score (nSPS) is 13.7.